The van der Waals surface area contributed by atoms with E-state index in [1.165, 1.54) is 10.6 Å². The van der Waals surface area contributed by atoms with E-state index in [1.807, 2.05) is 13.0 Å². The molecular formula is C21H25Cl2N4O+. The first-order valence-electron chi connectivity index (χ1n) is 9.45. The number of quaternary nitrogens is 1. The molecule has 0 aliphatic carbocycles. The fraction of sp³-hybridized carbons (Fsp3) is 0.333. The molecule has 0 aromatic heterocycles. The number of hydrogen-bond donors (Lipinski definition) is 2. The average Bonchev–Trinajstić information content (AvgIpc) is 2.71. The second-order valence-electron chi connectivity index (χ2n) is 6.93. The molecule has 0 atom stereocenters. The second kappa shape index (κ2) is 9.92. The molecule has 0 unspecified atom stereocenters. The summed E-state index contributed by atoms with van der Waals surface area (Å²) in [5, 5.41) is 5.26. The quantitative estimate of drug-likeness (QED) is 0.558. The zero-order chi connectivity index (χ0) is 19.9. The summed E-state index contributed by atoms with van der Waals surface area (Å²) in [6.45, 7) is 6.70. The summed E-state index contributed by atoms with van der Waals surface area (Å²) in [6.07, 6.45) is 0.450. The monoisotopic (exact) mass is 419 g/mol. The first-order chi connectivity index (χ1) is 13.5. The molecular weight excluding hydrogens is 395 g/mol. The van der Waals surface area contributed by atoms with E-state index in [4.69, 9.17) is 23.2 Å². The summed E-state index contributed by atoms with van der Waals surface area (Å²) < 4.78 is 0. The molecule has 0 bridgehead atoms. The lowest BCUT2D eigenvalue weighted by atomic mass is 10.1. The lowest BCUT2D eigenvalue weighted by Crippen LogP contribution is -3.15. The van der Waals surface area contributed by atoms with Gasteiger partial charge in [0, 0.05) is 16.3 Å². The normalized spacial score (nSPS) is 15.5. The van der Waals surface area contributed by atoms with Gasteiger partial charge < -0.3 is 9.80 Å². The van der Waals surface area contributed by atoms with Crippen LogP contribution in [0.5, 0.6) is 0 Å². The SMILES string of the molecule is C/C(=N/NC(=O)CC[NH+]1CCN(c2ccccc2)CC1)c1ccc(Cl)cc1Cl. The van der Waals surface area contributed by atoms with Gasteiger partial charge in [-0.3, -0.25) is 4.79 Å². The molecule has 2 aromatic rings. The highest BCUT2D eigenvalue weighted by Gasteiger charge is 2.20. The number of halogens is 2. The fourth-order valence-electron chi connectivity index (χ4n) is 3.31. The maximum atomic E-state index is 12.2. The van der Waals surface area contributed by atoms with Crippen molar-refractivity contribution in [2.24, 2.45) is 5.10 Å². The van der Waals surface area contributed by atoms with Crippen molar-refractivity contribution in [2.75, 3.05) is 37.6 Å². The number of carbonyl (C=O) groups excluding carboxylic acids is 1. The van der Waals surface area contributed by atoms with Crippen molar-refractivity contribution in [3.63, 3.8) is 0 Å². The van der Waals surface area contributed by atoms with E-state index in [0.29, 0.717) is 22.2 Å². The van der Waals surface area contributed by atoms with Crippen LogP contribution in [0.4, 0.5) is 5.69 Å². The minimum Gasteiger partial charge on any atom is -0.360 e. The van der Waals surface area contributed by atoms with Crippen molar-refractivity contribution in [1.82, 2.24) is 5.43 Å². The molecule has 7 heteroatoms. The van der Waals surface area contributed by atoms with Crippen LogP contribution < -0.4 is 15.2 Å². The summed E-state index contributed by atoms with van der Waals surface area (Å²) in [7, 11) is 0. The van der Waals surface area contributed by atoms with Gasteiger partial charge in [-0.15, -0.1) is 0 Å². The second-order valence-corrected chi connectivity index (χ2v) is 7.77. The van der Waals surface area contributed by atoms with Crippen LogP contribution in [0.25, 0.3) is 0 Å². The Morgan fingerprint density at radius 2 is 1.86 bits per heavy atom. The Labute approximate surface area is 175 Å². The third-order valence-electron chi connectivity index (χ3n) is 4.97. The van der Waals surface area contributed by atoms with E-state index in [1.54, 1.807) is 18.2 Å². The van der Waals surface area contributed by atoms with Gasteiger partial charge in [-0.1, -0.05) is 47.5 Å². The lowest BCUT2D eigenvalue weighted by Gasteiger charge is -2.33. The van der Waals surface area contributed by atoms with Crippen LogP contribution in [0.1, 0.15) is 18.9 Å². The Kier molecular flexibility index (Phi) is 7.31. The lowest BCUT2D eigenvalue weighted by molar-refractivity contribution is -0.900. The summed E-state index contributed by atoms with van der Waals surface area (Å²) in [6, 6.07) is 15.7. The average molecular weight is 420 g/mol. The number of piperazine rings is 1. The van der Waals surface area contributed by atoms with Crippen LogP contribution in [-0.2, 0) is 4.79 Å². The number of anilines is 1. The molecule has 1 aliphatic heterocycles. The molecule has 0 saturated carbocycles. The van der Waals surface area contributed by atoms with Gasteiger partial charge in [-0.25, -0.2) is 5.43 Å². The first kappa shape index (κ1) is 20.6. The Morgan fingerprint density at radius 1 is 1.14 bits per heavy atom. The van der Waals surface area contributed by atoms with Gasteiger partial charge in [0.25, 0.3) is 0 Å². The molecule has 0 spiro atoms. The number of amides is 1. The van der Waals surface area contributed by atoms with Crippen molar-refractivity contribution in [1.29, 1.82) is 0 Å². The van der Waals surface area contributed by atoms with Crippen LogP contribution >= 0.6 is 23.2 Å². The molecule has 0 radical (unpaired) electrons. The highest BCUT2D eigenvalue weighted by Crippen LogP contribution is 2.21. The Bertz CT molecular complexity index is 834. The summed E-state index contributed by atoms with van der Waals surface area (Å²) in [4.78, 5) is 16.0. The van der Waals surface area contributed by atoms with Crippen molar-refractivity contribution in [3.05, 3.63) is 64.1 Å². The molecule has 3 rings (SSSR count). The predicted molar refractivity (Wildman–Crippen MR) is 116 cm³/mol. The van der Waals surface area contributed by atoms with E-state index in [9.17, 15) is 4.79 Å². The number of benzene rings is 2. The zero-order valence-corrected chi connectivity index (χ0v) is 17.4. The largest absolute Gasteiger partial charge is 0.360 e. The molecule has 28 heavy (non-hydrogen) atoms. The van der Waals surface area contributed by atoms with Crippen molar-refractivity contribution in [2.45, 2.75) is 13.3 Å². The Hall–Kier alpha value is -2.08. The molecule has 2 N–H and O–H groups in total. The zero-order valence-electron chi connectivity index (χ0n) is 15.9. The number of nitrogens with zero attached hydrogens (tertiary/aromatic N) is 2. The van der Waals surface area contributed by atoms with Crippen molar-refractivity contribution in [3.8, 4) is 0 Å². The van der Waals surface area contributed by atoms with Gasteiger partial charge in [-0.2, -0.15) is 5.10 Å². The van der Waals surface area contributed by atoms with E-state index < -0.39 is 0 Å². The molecule has 1 heterocycles. The van der Waals surface area contributed by atoms with Gasteiger partial charge in [0.2, 0.25) is 5.91 Å². The van der Waals surface area contributed by atoms with Crippen LogP contribution in [0.3, 0.4) is 0 Å². The van der Waals surface area contributed by atoms with E-state index in [2.05, 4.69) is 39.7 Å². The number of hydrogen-bond acceptors (Lipinski definition) is 3. The van der Waals surface area contributed by atoms with E-state index >= 15 is 0 Å². The van der Waals surface area contributed by atoms with Gasteiger partial charge in [0.15, 0.2) is 0 Å². The standard InChI is InChI=1S/C21H24Cl2N4O/c1-16(19-8-7-17(22)15-20(19)23)24-25-21(28)9-10-26-11-13-27(14-12-26)18-5-3-2-4-6-18/h2-8,15H,9-14H2,1H3,(H,25,28)/p+1/b24-16-. The van der Waals surface area contributed by atoms with Crippen LogP contribution in [0.15, 0.2) is 53.6 Å². The topological polar surface area (TPSA) is 49.1 Å². The van der Waals surface area contributed by atoms with Gasteiger partial charge >= 0.3 is 0 Å². The Balaban J connectivity index is 1.42. The first-order valence-corrected chi connectivity index (χ1v) is 10.2. The molecule has 1 amide bonds. The van der Waals surface area contributed by atoms with Crippen molar-refractivity contribution >= 4 is 40.5 Å². The predicted octanol–water partition coefficient (Wildman–Crippen LogP) is 2.63. The number of carbonyl (C=O) groups is 1. The molecule has 1 saturated heterocycles. The smallest absolute Gasteiger partial charge is 0.245 e. The maximum Gasteiger partial charge on any atom is 0.245 e. The molecule has 1 aliphatic rings. The third-order valence-corrected chi connectivity index (χ3v) is 5.51. The molecule has 148 valence electrons. The van der Waals surface area contributed by atoms with Gasteiger partial charge in [0.1, 0.15) is 0 Å². The van der Waals surface area contributed by atoms with Gasteiger partial charge in [-0.05, 0) is 31.2 Å². The molecule has 5 nitrogen and oxygen atoms in total. The number of para-hydroxylation sites is 1. The Morgan fingerprint density at radius 3 is 2.54 bits per heavy atom. The highest BCUT2D eigenvalue weighted by atomic mass is 35.5. The molecule has 2 aromatic carbocycles. The summed E-state index contributed by atoms with van der Waals surface area (Å²) in [5.74, 6) is -0.0811. The minimum absolute atomic E-state index is 0.0811. The van der Waals surface area contributed by atoms with Crippen molar-refractivity contribution < 1.29 is 9.69 Å². The number of rotatable bonds is 6. The summed E-state index contributed by atoms with van der Waals surface area (Å²) >= 11 is 12.1. The van der Waals surface area contributed by atoms with Crippen LogP contribution in [0.2, 0.25) is 10.0 Å². The maximum absolute atomic E-state index is 12.2. The van der Waals surface area contributed by atoms with Gasteiger partial charge in [0.05, 0.1) is 49.9 Å². The van der Waals surface area contributed by atoms with Crippen LogP contribution in [0, 0.1) is 0 Å². The highest BCUT2D eigenvalue weighted by molar-refractivity contribution is 6.37. The third kappa shape index (κ3) is 5.71. The van der Waals surface area contributed by atoms with E-state index in [0.717, 1.165) is 38.3 Å². The van der Waals surface area contributed by atoms with Crippen LogP contribution in [-0.4, -0.2) is 44.3 Å². The minimum atomic E-state index is -0.0811. The molecule has 1 fully saturated rings. The van der Waals surface area contributed by atoms with E-state index in [-0.39, 0.29) is 5.91 Å². The fourth-order valence-corrected chi connectivity index (χ4v) is 3.85. The number of nitrogens with one attached hydrogen (secondary N) is 2. The number of hydrazone groups is 1. The summed E-state index contributed by atoms with van der Waals surface area (Å²) in [5.41, 5.74) is 5.31.